The number of aliphatic imine (C=N–C) groups is 1. The second-order valence-electron chi connectivity index (χ2n) is 6.42. The van der Waals surface area contributed by atoms with Crippen molar-refractivity contribution in [3.63, 3.8) is 0 Å². The van der Waals surface area contributed by atoms with Gasteiger partial charge in [-0.3, -0.25) is 4.99 Å². The lowest BCUT2D eigenvalue weighted by atomic mass is 9.77. The molecule has 164 valence electrons. The summed E-state index contributed by atoms with van der Waals surface area (Å²) >= 11 is 6.23. The quantitative estimate of drug-likeness (QED) is 0.601. The number of carbonyl (C=O) groups is 1. The summed E-state index contributed by atoms with van der Waals surface area (Å²) in [4.78, 5) is 15.2. The molecule has 2 unspecified atom stereocenters. The van der Waals surface area contributed by atoms with E-state index in [2.05, 4.69) is 9.98 Å². The number of halogens is 4. The van der Waals surface area contributed by atoms with Gasteiger partial charge in [0.05, 0.1) is 13.7 Å². The van der Waals surface area contributed by atoms with E-state index in [0.29, 0.717) is 0 Å². The SMILES string of the molecule is COC1=C(F)C(Cl)(C2(C(F)F)COCC(N)=N2)CC(N)=C1.O=C(O)c1ccccn1. The van der Waals surface area contributed by atoms with Gasteiger partial charge < -0.3 is 26.0 Å². The highest BCUT2D eigenvalue weighted by Crippen LogP contribution is 2.51. The maximum absolute atomic E-state index is 14.6. The van der Waals surface area contributed by atoms with Gasteiger partial charge in [-0.1, -0.05) is 6.07 Å². The number of aromatic nitrogens is 1. The van der Waals surface area contributed by atoms with E-state index in [1.165, 1.54) is 25.4 Å². The van der Waals surface area contributed by atoms with Crippen molar-refractivity contribution in [3.8, 4) is 0 Å². The van der Waals surface area contributed by atoms with Crippen LogP contribution in [-0.2, 0) is 9.47 Å². The summed E-state index contributed by atoms with van der Waals surface area (Å²) in [6.45, 7) is -0.693. The van der Waals surface area contributed by atoms with Crippen LogP contribution in [0.2, 0.25) is 0 Å². The van der Waals surface area contributed by atoms with Crippen LogP contribution in [0.1, 0.15) is 16.9 Å². The average molecular weight is 449 g/mol. The molecule has 0 bridgehead atoms. The number of carboxylic acid groups (broad SMARTS) is 1. The number of rotatable bonds is 4. The minimum Gasteiger partial charge on any atom is -0.494 e. The molecule has 1 aromatic heterocycles. The van der Waals surface area contributed by atoms with Gasteiger partial charge in [-0.2, -0.15) is 0 Å². The van der Waals surface area contributed by atoms with Crippen LogP contribution in [0.15, 0.2) is 52.7 Å². The third kappa shape index (κ3) is 4.51. The van der Waals surface area contributed by atoms with Gasteiger partial charge in [0.1, 0.15) is 23.0 Å². The summed E-state index contributed by atoms with van der Waals surface area (Å²) < 4.78 is 51.8. The average Bonchev–Trinajstić information content (AvgIpc) is 2.71. The number of hydrogen-bond donors (Lipinski definition) is 3. The van der Waals surface area contributed by atoms with Crippen LogP contribution in [0.4, 0.5) is 13.2 Å². The van der Waals surface area contributed by atoms with Crippen molar-refractivity contribution in [2.45, 2.75) is 23.3 Å². The van der Waals surface area contributed by atoms with Gasteiger partial charge in [0.25, 0.3) is 6.43 Å². The predicted octanol–water partition coefficient (Wildman–Crippen LogP) is 2.21. The predicted molar refractivity (Wildman–Crippen MR) is 103 cm³/mol. The molecular weight excluding hydrogens is 429 g/mol. The van der Waals surface area contributed by atoms with Gasteiger partial charge >= 0.3 is 5.97 Å². The lowest BCUT2D eigenvalue weighted by Crippen LogP contribution is -2.61. The third-order valence-electron chi connectivity index (χ3n) is 4.39. The number of nitrogens with zero attached hydrogens (tertiary/aromatic N) is 2. The Labute approximate surface area is 175 Å². The van der Waals surface area contributed by atoms with Crippen LogP contribution in [-0.4, -0.2) is 59.1 Å². The van der Waals surface area contributed by atoms with E-state index >= 15 is 0 Å². The van der Waals surface area contributed by atoms with Crippen LogP contribution in [0, 0.1) is 0 Å². The molecule has 12 heteroatoms. The molecule has 0 amide bonds. The van der Waals surface area contributed by atoms with E-state index in [4.69, 9.17) is 37.6 Å². The number of ether oxygens (including phenoxy) is 2. The van der Waals surface area contributed by atoms with Crippen molar-refractivity contribution in [1.29, 1.82) is 0 Å². The molecule has 30 heavy (non-hydrogen) atoms. The first-order chi connectivity index (χ1) is 14.1. The minimum atomic E-state index is -3.11. The zero-order valence-corrected chi connectivity index (χ0v) is 16.6. The minimum absolute atomic E-state index is 0.0810. The second kappa shape index (κ2) is 9.35. The third-order valence-corrected chi connectivity index (χ3v) is 5.02. The highest BCUT2D eigenvalue weighted by Gasteiger charge is 2.63. The first kappa shape index (κ1) is 23.5. The summed E-state index contributed by atoms with van der Waals surface area (Å²) in [7, 11) is 1.19. The summed E-state index contributed by atoms with van der Waals surface area (Å²) in [5.74, 6) is -2.55. The lowest BCUT2D eigenvalue weighted by molar-refractivity contribution is -0.0310. The number of nitrogens with two attached hydrogens (primary N) is 2. The molecule has 0 fully saturated rings. The van der Waals surface area contributed by atoms with Crippen LogP contribution < -0.4 is 11.5 Å². The fourth-order valence-electron chi connectivity index (χ4n) is 2.94. The molecule has 2 heterocycles. The molecule has 0 radical (unpaired) electrons. The Morgan fingerprint density at radius 2 is 2.10 bits per heavy atom. The van der Waals surface area contributed by atoms with Gasteiger partial charge in [0, 0.05) is 24.4 Å². The van der Waals surface area contributed by atoms with Crippen molar-refractivity contribution >= 4 is 23.4 Å². The summed E-state index contributed by atoms with van der Waals surface area (Å²) in [5, 5.41) is 8.32. The molecular formula is C18H20ClF3N4O4. The Hall–Kier alpha value is -2.79. The molecule has 0 saturated heterocycles. The molecule has 0 spiro atoms. The Kier molecular flexibility index (Phi) is 7.32. The molecule has 1 aliphatic carbocycles. The maximum Gasteiger partial charge on any atom is 0.354 e. The standard InChI is InChI=1S/C12H15ClF3N3O2.C6H5NO2/c1-20-7-2-6(17)3-11(13,9(7)14)12(10(15)16)5-21-4-8(18)19-12;8-6(9)5-3-1-2-4-7-5/h2,10H,3-5,17H2,1H3,(H2,18,19);1-4H,(H,8,9). The Morgan fingerprint density at radius 1 is 1.40 bits per heavy atom. The molecule has 2 aliphatic rings. The van der Waals surface area contributed by atoms with Crippen molar-refractivity contribution in [2.24, 2.45) is 16.5 Å². The number of pyridine rings is 1. The van der Waals surface area contributed by atoms with Gasteiger partial charge in [0.2, 0.25) is 0 Å². The maximum atomic E-state index is 14.6. The largest absolute Gasteiger partial charge is 0.494 e. The van der Waals surface area contributed by atoms with Gasteiger partial charge in [-0.05, 0) is 12.1 Å². The molecule has 3 rings (SSSR count). The Morgan fingerprint density at radius 3 is 2.57 bits per heavy atom. The molecule has 1 aliphatic heterocycles. The molecule has 1 aromatic rings. The Balaban J connectivity index is 0.000000297. The van der Waals surface area contributed by atoms with Gasteiger partial charge in [-0.25, -0.2) is 22.9 Å². The highest BCUT2D eigenvalue weighted by atomic mass is 35.5. The van der Waals surface area contributed by atoms with Crippen molar-refractivity contribution in [1.82, 2.24) is 4.98 Å². The Bertz CT molecular complexity index is 881. The van der Waals surface area contributed by atoms with Gasteiger partial charge in [0.15, 0.2) is 17.1 Å². The van der Waals surface area contributed by atoms with Crippen LogP contribution in [0.5, 0.6) is 0 Å². The number of methoxy groups -OCH3 is 1. The van der Waals surface area contributed by atoms with E-state index in [9.17, 15) is 18.0 Å². The van der Waals surface area contributed by atoms with Crippen molar-refractivity contribution in [3.05, 3.63) is 53.4 Å². The first-order valence-electron chi connectivity index (χ1n) is 8.51. The summed E-state index contributed by atoms with van der Waals surface area (Å²) in [6.07, 6.45) is -0.823. The van der Waals surface area contributed by atoms with E-state index in [1.54, 1.807) is 12.1 Å². The smallest absolute Gasteiger partial charge is 0.354 e. The number of allylic oxidation sites excluding steroid dienone is 2. The second-order valence-corrected chi connectivity index (χ2v) is 7.07. The first-order valence-corrected chi connectivity index (χ1v) is 8.89. The number of alkyl halides is 3. The topological polar surface area (TPSA) is 133 Å². The molecule has 2 atom stereocenters. The van der Waals surface area contributed by atoms with E-state index in [-0.39, 0.29) is 36.0 Å². The lowest BCUT2D eigenvalue weighted by Gasteiger charge is -2.45. The fraction of sp³-hybridized carbons (Fsp3) is 0.389. The zero-order valence-electron chi connectivity index (χ0n) is 15.8. The van der Waals surface area contributed by atoms with Crippen LogP contribution >= 0.6 is 11.6 Å². The summed E-state index contributed by atoms with van der Waals surface area (Å²) in [5.41, 5.74) is 8.96. The number of carboxylic acids is 1. The zero-order chi connectivity index (χ0) is 22.5. The van der Waals surface area contributed by atoms with E-state index in [1.807, 2.05) is 0 Å². The van der Waals surface area contributed by atoms with E-state index < -0.39 is 35.2 Å². The highest BCUT2D eigenvalue weighted by molar-refractivity contribution is 6.27. The van der Waals surface area contributed by atoms with Crippen molar-refractivity contribution in [2.75, 3.05) is 20.3 Å². The monoisotopic (exact) mass is 448 g/mol. The van der Waals surface area contributed by atoms with Gasteiger partial charge in [-0.15, -0.1) is 11.6 Å². The number of hydrogen-bond acceptors (Lipinski definition) is 7. The molecule has 5 N–H and O–H groups in total. The normalized spacial score (nSPS) is 26.3. The number of aromatic carboxylic acids is 1. The number of amidine groups is 1. The molecule has 8 nitrogen and oxygen atoms in total. The fourth-order valence-corrected chi connectivity index (χ4v) is 3.36. The molecule has 0 saturated carbocycles. The van der Waals surface area contributed by atoms with E-state index in [0.717, 1.165) is 0 Å². The van der Waals surface area contributed by atoms with Crippen LogP contribution in [0.25, 0.3) is 0 Å². The summed E-state index contributed by atoms with van der Waals surface area (Å²) in [6, 6.07) is 4.76. The van der Waals surface area contributed by atoms with Crippen LogP contribution in [0.3, 0.4) is 0 Å². The van der Waals surface area contributed by atoms with Crippen molar-refractivity contribution < 1.29 is 32.5 Å². The molecule has 0 aromatic carbocycles.